The van der Waals surface area contributed by atoms with E-state index in [1.165, 1.54) is 0 Å². The monoisotopic (exact) mass is 225 g/mol. The van der Waals surface area contributed by atoms with E-state index in [9.17, 15) is 4.79 Å². The summed E-state index contributed by atoms with van der Waals surface area (Å²) >= 11 is 1.61. The minimum absolute atomic E-state index is 0.0765. The molecule has 0 spiro atoms. The molecule has 15 heavy (non-hydrogen) atoms. The molecule has 0 radical (unpaired) electrons. The SMILES string of the molecule is Nc1ccsc1CNCC(=O)NC1CC1. The summed E-state index contributed by atoms with van der Waals surface area (Å²) in [6, 6.07) is 2.32. The van der Waals surface area contributed by atoms with E-state index in [4.69, 9.17) is 5.73 Å². The second-order valence-electron chi connectivity index (χ2n) is 3.74. The van der Waals surface area contributed by atoms with Gasteiger partial charge >= 0.3 is 0 Å². The molecule has 4 nitrogen and oxygen atoms in total. The molecule has 0 aliphatic heterocycles. The van der Waals surface area contributed by atoms with Crippen molar-refractivity contribution >= 4 is 22.9 Å². The number of hydrogen-bond acceptors (Lipinski definition) is 4. The summed E-state index contributed by atoms with van der Waals surface area (Å²) in [5.41, 5.74) is 6.52. The lowest BCUT2D eigenvalue weighted by atomic mass is 10.4. The zero-order valence-electron chi connectivity index (χ0n) is 8.45. The molecule has 0 bridgehead atoms. The second kappa shape index (κ2) is 4.63. The molecule has 0 atom stereocenters. The summed E-state index contributed by atoms with van der Waals surface area (Å²) in [6.07, 6.45) is 2.26. The number of nitrogens with one attached hydrogen (secondary N) is 2. The standard InChI is InChI=1S/C10H15N3OS/c11-8-3-4-15-9(8)5-12-6-10(14)13-7-1-2-7/h3-4,7,12H,1-2,5-6,11H2,(H,13,14). The zero-order chi connectivity index (χ0) is 10.7. The molecule has 1 aliphatic rings. The van der Waals surface area contributed by atoms with Crippen LogP contribution >= 0.6 is 11.3 Å². The van der Waals surface area contributed by atoms with Crippen molar-refractivity contribution in [1.29, 1.82) is 0 Å². The zero-order valence-corrected chi connectivity index (χ0v) is 9.27. The van der Waals surface area contributed by atoms with E-state index >= 15 is 0 Å². The van der Waals surface area contributed by atoms with Crippen LogP contribution in [0, 0.1) is 0 Å². The van der Waals surface area contributed by atoms with E-state index in [-0.39, 0.29) is 5.91 Å². The average molecular weight is 225 g/mol. The quantitative estimate of drug-likeness (QED) is 0.691. The minimum atomic E-state index is 0.0765. The van der Waals surface area contributed by atoms with Crippen molar-refractivity contribution in [2.24, 2.45) is 0 Å². The molecular weight excluding hydrogens is 210 g/mol. The summed E-state index contributed by atoms with van der Waals surface area (Å²) in [6.45, 7) is 1.04. The van der Waals surface area contributed by atoms with Gasteiger partial charge in [-0.1, -0.05) is 0 Å². The van der Waals surface area contributed by atoms with E-state index < -0.39 is 0 Å². The van der Waals surface area contributed by atoms with Gasteiger partial charge in [-0.2, -0.15) is 0 Å². The first kappa shape index (κ1) is 10.4. The molecule has 5 heteroatoms. The second-order valence-corrected chi connectivity index (χ2v) is 4.75. The lowest BCUT2D eigenvalue weighted by Crippen LogP contribution is -2.34. The van der Waals surface area contributed by atoms with Crippen LogP contribution in [0.3, 0.4) is 0 Å². The highest BCUT2D eigenvalue weighted by Gasteiger charge is 2.22. The Hall–Kier alpha value is -1.07. The molecule has 1 heterocycles. The van der Waals surface area contributed by atoms with Gasteiger partial charge in [0.2, 0.25) is 5.91 Å². The minimum Gasteiger partial charge on any atom is -0.398 e. The summed E-state index contributed by atoms with van der Waals surface area (Å²) in [7, 11) is 0. The molecule has 1 fully saturated rings. The molecule has 0 saturated heterocycles. The van der Waals surface area contributed by atoms with Gasteiger partial charge in [0, 0.05) is 23.2 Å². The Morgan fingerprint density at radius 3 is 3.00 bits per heavy atom. The van der Waals surface area contributed by atoms with Crippen LogP contribution in [0.15, 0.2) is 11.4 Å². The molecule has 2 rings (SSSR count). The number of carbonyl (C=O) groups excluding carboxylic acids is 1. The summed E-state index contributed by atoms with van der Waals surface area (Å²) < 4.78 is 0. The van der Waals surface area contributed by atoms with E-state index in [0.29, 0.717) is 19.1 Å². The van der Waals surface area contributed by atoms with Gasteiger partial charge < -0.3 is 16.4 Å². The van der Waals surface area contributed by atoms with Gasteiger partial charge in [0.05, 0.1) is 6.54 Å². The van der Waals surface area contributed by atoms with Crippen molar-refractivity contribution < 1.29 is 4.79 Å². The van der Waals surface area contributed by atoms with Crippen molar-refractivity contribution in [2.75, 3.05) is 12.3 Å². The lowest BCUT2D eigenvalue weighted by molar-refractivity contribution is -0.120. The van der Waals surface area contributed by atoms with E-state index in [0.717, 1.165) is 23.4 Å². The number of carbonyl (C=O) groups is 1. The summed E-state index contributed by atoms with van der Waals surface area (Å²) in [4.78, 5) is 12.4. The first-order chi connectivity index (χ1) is 7.25. The Bertz CT molecular complexity index is 346. The normalized spacial score (nSPS) is 15.2. The predicted octanol–water partition coefficient (Wildman–Crippen LogP) is 0.699. The van der Waals surface area contributed by atoms with E-state index in [1.54, 1.807) is 11.3 Å². The van der Waals surface area contributed by atoms with Crippen LogP contribution in [-0.4, -0.2) is 18.5 Å². The molecule has 4 N–H and O–H groups in total. The Kier molecular flexibility index (Phi) is 3.23. The Morgan fingerprint density at radius 1 is 1.60 bits per heavy atom. The maximum Gasteiger partial charge on any atom is 0.234 e. The average Bonchev–Trinajstić information content (AvgIpc) is 2.91. The topological polar surface area (TPSA) is 67.1 Å². The predicted molar refractivity (Wildman–Crippen MR) is 61.6 cm³/mol. The highest BCUT2D eigenvalue weighted by atomic mass is 32.1. The number of hydrogen-bond donors (Lipinski definition) is 3. The molecule has 1 aromatic heterocycles. The molecule has 0 aromatic carbocycles. The number of anilines is 1. The van der Waals surface area contributed by atoms with Crippen LogP contribution in [0.4, 0.5) is 5.69 Å². The largest absolute Gasteiger partial charge is 0.398 e. The first-order valence-electron chi connectivity index (χ1n) is 5.07. The highest BCUT2D eigenvalue weighted by Crippen LogP contribution is 2.19. The van der Waals surface area contributed by atoms with Crippen LogP contribution in [-0.2, 0) is 11.3 Å². The molecule has 82 valence electrons. The van der Waals surface area contributed by atoms with Gasteiger partial charge in [-0.05, 0) is 24.3 Å². The van der Waals surface area contributed by atoms with Gasteiger partial charge in [-0.15, -0.1) is 11.3 Å². The third-order valence-electron chi connectivity index (χ3n) is 2.29. The van der Waals surface area contributed by atoms with Gasteiger partial charge in [-0.25, -0.2) is 0 Å². The van der Waals surface area contributed by atoms with Crippen molar-refractivity contribution in [3.8, 4) is 0 Å². The third-order valence-corrected chi connectivity index (χ3v) is 3.23. The maximum atomic E-state index is 11.3. The van der Waals surface area contributed by atoms with E-state index in [2.05, 4.69) is 10.6 Å². The van der Waals surface area contributed by atoms with Crippen molar-refractivity contribution in [3.05, 3.63) is 16.3 Å². The van der Waals surface area contributed by atoms with Crippen molar-refractivity contribution in [2.45, 2.75) is 25.4 Å². The summed E-state index contributed by atoms with van der Waals surface area (Å²) in [5.74, 6) is 0.0765. The number of nitrogens with two attached hydrogens (primary N) is 1. The van der Waals surface area contributed by atoms with Crippen LogP contribution in [0.25, 0.3) is 0 Å². The van der Waals surface area contributed by atoms with E-state index in [1.807, 2.05) is 11.4 Å². The van der Waals surface area contributed by atoms with Gasteiger partial charge in [0.1, 0.15) is 0 Å². The molecule has 1 aliphatic carbocycles. The number of amides is 1. The number of nitrogen functional groups attached to an aromatic ring is 1. The molecule has 1 amide bonds. The fourth-order valence-corrected chi connectivity index (χ4v) is 2.06. The highest BCUT2D eigenvalue weighted by molar-refractivity contribution is 7.10. The Balaban J connectivity index is 1.65. The number of thiophene rings is 1. The Labute approximate surface area is 92.9 Å². The molecule has 0 unspecified atom stereocenters. The first-order valence-corrected chi connectivity index (χ1v) is 5.95. The fourth-order valence-electron chi connectivity index (χ4n) is 1.29. The van der Waals surface area contributed by atoms with Crippen LogP contribution in [0.5, 0.6) is 0 Å². The van der Waals surface area contributed by atoms with Crippen LogP contribution in [0.1, 0.15) is 17.7 Å². The molecular formula is C10H15N3OS. The van der Waals surface area contributed by atoms with Crippen LogP contribution in [0.2, 0.25) is 0 Å². The molecule has 1 saturated carbocycles. The van der Waals surface area contributed by atoms with Gasteiger partial charge in [0.15, 0.2) is 0 Å². The third kappa shape index (κ3) is 3.21. The molecule has 1 aromatic rings. The van der Waals surface area contributed by atoms with Gasteiger partial charge in [0.25, 0.3) is 0 Å². The van der Waals surface area contributed by atoms with Crippen molar-refractivity contribution in [3.63, 3.8) is 0 Å². The van der Waals surface area contributed by atoms with Crippen LogP contribution < -0.4 is 16.4 Å². The lowest BCUT2D eigenvalue weighted by Gasteiger charge is -2.04. The number of rotatable bonds is 5. The smallest absolute Gasteiger partial charge is 0.234 e. The maximum absolute atomic E-state index is 11.3. The van der Waals surface area contributed by atoms with Gasteiger partial charge in [-0.3, -0.25) is 4.79 Å². The summed E-state index contributed by atoms with van der Waals surface area (Å²) in [5, 5.41) is 7.95. The Morgan fingerprint density at radius 2 is 2.40 bits per heavy atom. The van der Waals surface area contributed by atoms with Crippen molar-refractivity contribution in [1.82, 2.24) is 10.6 Å². The fraction of sp³-hybridized carbons (Fsp3) is 0.500.